The quantitative estimate of drug-likeness (QED) is 0.709. The van der Waals surface area contributed by atoms with Crippen molar-refractivity contribution in [2.24, 2.45) is 0 Å². The first-order chi connectivity index (χ1) is 11.6. The van der Waals surface area contributed by atoms with Crippen LogP contribution >= 0.6 is 0 Å². The molecule has 24 heavy (non-hydrogen) atoms. The lowest BCUT2D eigenvalue weighted by atomic mass is 9.99. The Morgan fingerprint density at radius 1 is 0.958 bits per heavy atom. The third-order valence-electron chi connectivity index (χ3n) is 3.74. The van der Waals surface area contributed by atoms with Gasteiger partial charge in [0.05, 0.1) is 5.56 Å². The molecule has 0 fully saturated rings. The molecule has 0 radical (unpaired) electrons. The van der Waals surface area contributed by atoms with E-state index in [0.29, 0.717) is 12.1 Å². The maximum absolute atomic E-state index is 13.1. The summed E-state index contributed by atoms with van der Waals surface area (Å²) in [5.74, 6) is -1.22. The maximum Gasteiger partial charge on any atom is 0.336 e. The maximum atomic E-state index is 13.1. The molecule has 0 atom stereocenters. The van der Waals surface area contributed by atoms with E-state index >= 15 is 0 Å². The molecule has 0 saturated carbocycles. The second-order valence-electron chi connectivity index (χ2n) is 5.41. The second kappa shape index (κ2) is 6.96. The molecule has 120 valence electrons. The minimum Gasteiger partial charge on any atom is -0.478 e. The Morgan fingerprint density at radius 2 is 1.71 bits per heavy atom. The first-order valence-electron chi connectivity index (χ1n) is 7.54. The highest BCUT2D eigenvalue weighted by Gasteiger charge is 2.10. The fourth-order valence-corrected chi connectivity index (χ4v) is 2.53. The van der Waals surface area contributed by atoms with Crippen LogP contribution in [0, 0.1) is 5.82 Å². The van der Waals surface area contributed by atoms with Crippen LogP contribution in [0.2, 0.25) is 0 Å². The van der Waals surface area contributed by atoms with Crippen LogP contribution < -0.4 is 5.32 Å². The van der Waals surface area contributed by atoms with E-state index in [1.807, 2.05) is 30.3 Å². The standard InChI is InChI=1S/C20H16FNO2/c21-16-4-3-5-17(12-16)22-13-14-8-10-15(11-9-14)18-6-1-2-7-19(18)20(23)24/h1-12,22H,13H2,(H,23,24). The van der Waals surface area contributed by atoms with Gasteiger partial charge in [0.25, 0.3) is 0 Å². The van der Waals surface area contributed by atoms with Gasteiger partial charge in [-0.3, -0.25) is 0 Å². The van der Waals surface area contributed by atoms with Crippen LogP contribution in [-0.4, -0.2) is 11.1 Å². The molecule has 0 aliphatic carbocycles. The largest absolute Gasteiger partial charge is 0.478 e. The first kappa shape index (κ1) is 15.7. The van der Waals surface area contributed by atoms with Crippen LogP contribution in [0.25, 0.3) is 11.1 Å². The van der Waals surface area contributed by atoms with Gasteiger partial charge >= 0.3 is 5.97 Å². The summed E-state index contributed by atoms with van der Waals surface area (Å²) < 4.78 is 13.1. The van der Waals surface area contributed by atoms with Crippen LogP contribution in [0.4, 0.5) is 10.1 Å². The summed E-state index contributed by atoms with van der Waals surface area (Å²) in [4.78, 5) is 11.3. The van der Waals surface area contributed by atoms with Gasteiger partial charge in [0.2, 0.25) is 0 Å². The molecule has 0 unspecified atom stereocenters. The summed E-state index contributed by atoms with van der Waals surface area (Å²) in [5, 5.41) is 12.4. The molecule has 3 aromatic rings. The third kappa shape index (κ3) is 3.60. The van der Waals surface area contributed by atoms with Crippen molar-refractivity contribution in [1.82, 2.24) is 0 Å². The number of hydrogen-bond acceptors (Lipinski definition) is 2. The van der Waals surface area contributed by atoms with E-state index in [1.54, 1.807) is 30.3 Å². The molecule has 0 bridgehead atoms. The second-order valence-corrected chi connectivity index (χ2v) is 5.41. The van der Waals surface area contributed by atoms with Crippen molar-refractivity contribution in [3.05, 3.63) is 89.7 Å². The number of nitrogens with one attached hydrogen (secondary N) is 1. The SMILES string of the molecule is O=C(O)c1ccccc1-c1ccc(CNc2cccc(F)c2)cc1. The van der Waals surface area contributed by atoms with Crippen LogP contribution in [0.1, 0.15) is 15.9 Å². The Labute approximate surface area is 139 Å². The van der Waals surface area contributed by atoms with Gasteiger partial charge in [-0.15, -0.1) is 0 Å². The van der Waals surface area contributed by atoms with Crippen molar-refractivity contribution in [2.45, 2.75) is 6.54 Å². The van der Waals surface area contributed by atoms with E-state index in [9.17, 15) is 14.3 Å². The molecule has 3 rings (SSSR count). The van der Waals surface area contributed by atoms with Gasteiger partial charge < -0.3 is 10.4 Å². The molecule has 2 N–H and O–H groups in total. The van der Waals surface area contributed by atoms with Crippen molar-refractivity contribution in [1.29, 1.82) is 0 Å². The van der Waals surface area contributed by atoms with Crippen molar-refractivity contribution in [2.75, 3.05) is 5.32 Å². The fourth-order valence-electron chi connectivity index (χ4n) is 2.53. The van der Waals surface area contributed by atoms with Gasteiger partial charge in [-0.05, 0) is 41.0 Å². The summed E-state index contributed by atoms with van der Waals surface area (Å²) in [6.07, 6.45) is 0. The Balaban J connectivity index is 1.75. The summed E-state index contributed by atoms with van der Waals surface area (Å²) in [7, 11) is 0. The Morgan fingerprint density at radius 3 is 2.42 bits per heavy atom. The molecule has 0 aliphatic rings. The molecule has 3 aromatic carbocycles. The van der Waals surface area contributed by atoms with Crippen molar-refractivity contribution in [3.63, 3.8) is 0 Å². The number of hydrogen-bond donors (Lipinski definition) is 2. The minimum absolute atomic E-state index is 0.277. The lowest BCUT2D eigenvalue weighted by molar-refractivity contribution is 0.0697. The average Bonchev–Trinajstić information content (AvgIpc) is 2.60. The predicted molar refractivity (Wildman–Crippen MR) is 92.6 cm³/mol. The van der Waals surface area contributed by atoms with Crippen LogP contribution in [-0.2, 0) is 6.54 Å². The minimum atomic E-state index is -0.942. The Bertz CT molecular complexity index is 860. The van der Waals surface area contributed by atoms with Gasteiger partial charge in [-0.1, -0.05) is 48.5 Å². The highest BCUT2D eigenvalue weighted by atomic mass is 19.1. The summed E-state index contributed by atoms with van der Waals surface area (Å²) >= 11 is 0. The molecule has 4 heteroatoms. The summed E-state index contributed by atoms with van der Waals surface area (Å²) in [6.45, 7) is 0.560. The Kier molecular flexibility index (Phi) is 4.57. The van der Waals surface area contributed by atoms with Crippen LogP contribution in [0.5, 0.6) is 0 Å². The van der Waals surface area contributed by atoms with Gasteiger partial charge in [-0.2, -0.15) is 0 Å². The van der Waals surface area contributed by atoms with Crippen molar-refractivity contribution < 1.29 is 14.3 Å². The zero-order chi connectivity index (χ0) is 16.9. The fraction of sp³-hybridized carbons (Fsp3) is 0.0500. The average molecular weight is 321 g/mol. The lowest BCUT2D eigenvalue weighted by Gasteiger charge is -2.09. The highest BCUT2D eigenvalue weighted by Crippen LogP contribution is 2.24. The number of carbonyl (C=O) groups is 1. The smallest absolute Gasteiger partial charge is 0.336 e. The monoisotopic (exact) mass is 321 g/mol. The van der Waals surface area contributed by atoms with E-state index in [1.165, 1.54) is 12.1 Å². The number of anilines is 1. The normalized spacial score (nSPS) is 10.4. The van der Waals surface area contributed by atoms with E-state index in [2.05, 4.69) is 5.32 Å². The van der Waals surface area contributed by atoms with Gasteiger partial charge in [0.15, 0.2) is 0 Å². The van der Waals surface area contributed by atoms with Crippen molar-refractivity contribution in [3.8, 4) is 11.1 Å². The van der Waals surface area contributed by atoms with E-state index in [4.69, 9.17) is 0 Å². The number of rotatable bonds is 5. The first-order valence-corrected chi connectivity index (χ1v) is 7.54. The molecule has 0 aliphatic heterocycles. The zero-order valence-corrected chi connectivity index (χ0v) is 12.9. The predicted octanol–water partition coefficient (Wildman–Crippen LogP) is 4.80. The summed E-state index contributed by atoms with van der Waals surface area (Å²) in [5.41, 5.74) is 3.56. The highest BCUT2D eigenvalue weighted by molar-refractivity contribution is 5.95. The summed E-state index contributed by atoms with van der Waals surface area (Å²) in [6, 6.07) is 20.9. The van der Waals surface area contributed by atoms with Crippen molar-refractivity contribution >= 4 is 11.7 Å². The number of carboxylic acids is 1. The number of benzene rings is 3. The molecule has 3 nitrogen and oxygen atoms in total. The number of carboxylic acid groups (broad SMARTS) is 1. The Hall–Kier alpha value is -3.14. The van der Waals surface area contributed by atoms with Gasteiger partial charge in [0.1, 0.15) is 5.82 Å². The molecule has 0 spiro atoms. The van der Waals surface area contributed by atoms with E-state index < -0.39 is 5.97 Å². The third-order valence-corrected chi connectivity index (χ3v) is 3.74. The number of aromatic carboxylic acids is 1. The van der Waals surface area contributed by atoms with E-state index in [-0.39, 0.29) is 11.4 Å². The lowest BCUT2D eigenvalue weighted by Crippen LogP contribution is -2.00. The van der Waals surface area contributed by atoms with Gasteiger partial charge in [0, 0.05) is 12.2 Å². The molecule has 0 aromatic heterocycles. The van der Waals surface area contributed by atoms with Crippen LogP contribution in [0.15, 0.2) is 72.8 Å². The zero-order valence-electron chi connectivity index (χ0n) is 12.9. The van der Waals surface area contributed by atoms with Gasteiger partial charge in [-0.25, -0.2) is 9.18 Å². The molecule has 0 saturated heterocycles. The van der Waals surface area contributed by atoms with E-state index in [0.717, 1.165) is 16.8 Å². The number of halogens is 1. The molecule has 0 amide bonds. The molecular formula is C20H16FNO2. The molecule has 0 heterocycles. The van der Waals surface area contributed by atoms with Crippen LogP contribution in [0.3, 0.4) is 0 Å². The topological polar surface area (TPSA) is 49.3 Å². The molecular weight excluding hydrogens is 305 g/mol.